The van der Waals surface area contributed by atoms with Crippen molar-refractivity contribution in [3.8, 4) is 0 Å². The van der Waals surface area contributed by atoms with Crippen LogP contribution in [0.5, 0.6) is 0 Å². The Morgan fingerprint density at radius 3 is 2.88 bits per heavy atom. The zero-order chi connectivity index (χ0) is 23.0. The van der Waals surface area contributed by atoms with Gasteiger partial charge in [-0.05, 0) is 63.1 Å². The summed E-state index contributed by atoms with van der Waals surface area (Å²) in [6.07, 6.45) is 9.08. The van der Waals surface area contributed by atoms with Crippen LogP contribution in [0.1, 0.15) is 71.6 Å². The monoisotopic (exact) mass is 451 g/mol. The van der Waals surface area contributed by atoms with Gasteiger partial charge in [0.15, 0.2) is 0 Å². The number of piperidine rings is 1. The summed E-state index contributed by atoms with van der Waals surface area (Å²) in [6.45, 7) is 8.17. The third-order valence-electron chi connectivity index (χ3n) is 7.59. The molecule has 1 saturated heterocycles. The lowest BCUT2D eigenvalue weighted by Gasteiger charge is -2.44. The van der Waals surface area contributed by atoms with Gasteiger partial charge in [0, 0.05) is 43.4 Å². The highest BCUT2D eigenvalue weighted by molar-refractivity contribution is 5.79. The first kappa shape index (κ1) is 25.2. The summed E-state index contributed by atoms with van der Waals surface area (Å²) in [5.74, 6) is 0.635. The molecule has 7 heteroatoms. The Hall–Kier alpha value is -1.47. The van der Waals surface area contributed by atoms with Crippen molar-refractivity contribution < 1.29 is 18.7 Å². The molecule has 1 fully saturated rings. The van der Waals surface area contributed by atoms with Gasteiger partial charge in [0.05, 0.1) is 6.61 Å². The molecule has 1 amide bonds. The number of nitrogens with zero attached hydrogens (tertiary/aromatic N) is 2. The predicted octanol–water partition coefficient (Wildman–Crippen LogP) is 4.89. The molecule has 182 valence electrons. The molecule has 1 N–H and O–H groups in total. The van der Waals surface area contributed by atoms with E-state index in [9.17, 15) is 9.18 Å². The number of likely N-dealkylation sites (tertiary alicyclic amines) is 1. The lowest BCUT2D eigenvalue weighted by Crippen LogP contribution is -2.47. The molecule has 1 spiro atoms. The number of alkyl halides is 1. The average Bonchev–Trinajstić information content (AvgIpc) is 3.11. The van der Waals surface area contributed by atoms with Crippen LogP contribution in [0.25, 0.3) is 0 Å². The lowest BCUT2D eigenvalue weighted by atomic mass is 9.70. The number of fused-ring (bicyclic) bond motifs is 1. The molecule has 3 unspecified atom stereocenters. The summed E-state index contributed by atoms with van der Waals surface area (Å²) in [5.41, 5.74) is 2.86. The van der Waals surface area contributed by atoms with Crippen LogP contribution in [-0.2, 0) is 9.47 Å². The second-order valence-corrected chi connectivity index (χ2v) is 9.90. The van der Waals surface area contributed by atoms with E-state index in [0.29, 0.717) is 31.4 Å². The molecule has 6 nitrogen and oxygen atoms in total. The van der Waals surface area contributed by atoms with Crippen molar-refractivity contribution in [2.75, 3.05) is 40.0 Å². The van der Waals surface area contributed by atoms with Gasteiger partial charge in [-0.1, -0.05) is 26.7 Å². The minimum Gasteiger partial charge on any atom is -0.445 e. The lowest BCUT2D eigenvalue weighted by molar-refractivity contribution is 0.0863. The molecular weight excluding hydrogens is 409 g/mol. The Morgan fingerprint density at radius 1 is 1.38 bits per heavy atom. The number of aliphatic imine (C=N–C) groups is 1. The van der Waals surface area contributed by atoms with Crippen LogP contribution in [0.4, 0.5) is 9.18 Å². The molecule has 0 radical (unpaired) electrons. The first-order valence-corrected chi connectivity index (χ1v) is 12.5. The number of ether oxygens (including phenoxy) is 2. The minimum atomic E-state index is -0.675. The maximum absolute atomic E-state index is 14.2. The Balaban J connectivity index is 1.58. The number of rotatable bonds is 10. The number of carbonyl (C=O) groups excluding carboxylic acids is 1. The predicted molar refractivity (Wildman–Crippen MR) is 126 cm³/mol. The van der Waals surface area contributed by atoms with Gasteiger partial charge in [0.2, 0.25) is 0 Å². The molecular formula is C25H42FN3O3. The standard InChI is InChI=1S/C25H42FN3O3/c1-4-5-19(2)16-21(8-11-27-24(30)32-15-14-31-3)29-12-9-25(10-13-29)18-28-23-7-6-20(26)17-22(23)25/h11,19-21,28H,4-10,12-18H2,1-3H3/b27-11-. The van der Waals surface area contributed by atoms with Gasteiger partial charge in [-0.15, -0.1) is 0 Å². The Morgan fingerprint density at radius 2 is 2.16 bits per heavy atom. The summed E-state index contributed by atoms with van der Waals surface area (Å²) in [5, 5.41) is 3.61. The van der Waals surface area contributed by atoms with Gasteiger partial charge in [0.25, 0.3) is 0 Å². The van der Waals surface area contributed by atoms with Crippen LogP contribution in [0, 0.1) is 11.3 Å². The highest BCUT2D eigenvalue weighted by atomic mass is 19.1. The van der Waals surface area contributed by atoms with Crippen molar-refractivity contribution in [2.45, 2.75) is 83.8 Å². The molecule has 0 aromatic heterocycles. The highest BCUT2D eigenvalue weighted by Crippen LogP contribution is 2.48. The molecule has 3 aliphatic rings. The van der Waals surface area contributed by atoms with E-state index in [1.165, 1.54) is 24.1 Å². The third-order valence-corrected chi connectivity index (χ3v) is 7.59. The SMILES string of the molecule is CCCC(C)CC(C/C=N\C(=O)OCCOC)N1CCC2(CC1)CNC1=C2CC(F)CC1. The molecule has 0 aromatic carbocycles. The molecule has 0 saturated carbocycles. The number of amides is 1. The smallest absolute Gasteiger partial charge is 0.433 e. The van der Waals surface area contributed by atoms with Crippen LogP contribution in [0.2, 0.25) is 0 Å². The summed E-state index contributed by atoms with van der Waals surface area (Å²) >= 11 is 0. The van der Waals surface area contributed by atoms with Gasteiger partial charge in [0.1, 0.15) is 12.8 Å². The average molecular weight is 452 g/mol. The molecule has 0 aromatic rings. The summed E-state index contributed by atoms with van der Waals surface area (Å²) in [7, 11) is 1.57. The molecule has 1 aliphatic carbocycles. The zero-order valence-corrected chi connectivity index (χ0v) is 20.2. The Bertz CT molecular complexity index is 673. The van der Waals surface area contributed by atoms with Gasteiger partial charge in [-0.25, -0.2) is 9.18 Å². The number of carbonyl (C=O) groups is 1. The fraction of sp³-hybridized carbons (Fsp3) is 0.840. The quantitative estimate of drug-likeness (QED) is 0.379. The van der Waals surface area contributed by atoms with Gasteiger partial charge < -0.3 is 14.8 Å². The summed E-state index contributed by atoms with van der Waals surface area (Å²) in [4.78, 5) is 18.4. The molecule has 2 heterocycles. The van der Waals surface area contributed by atoms with E-state index in [1.807, 2.05) is 0 Å². The normalized spacial score (nSPS) is 25.1. The fourth-order valence-electron chi connectivity index (χ4n) is 5.78. The van der Waals surface area contributed by atoms with Crippen LogP contribution >= 0.6 is 0 Å². The number of methoxy groups -OCH3 is 1. The first-order valence-electron chi connectivity index (χ1n) is 12.5. The largest absolute Gasteiger partial charge is 0.445 e. The second-order valence-electron chi connectivity index (χ2n) is 9.90. The van der Waals surface area contributed by atoms with E-state index in [4.69, 9.17) is 9.47 Å². The molecule has 32 heavy (non-hydrogen) atoms. The van der Waals surface area contributed by atoms with Crippen LogP contribution in [0.3, 0.4) is 0 Å². The van der Waals surface area contributed by atoms with E-state index in [-0.39, 0.29) is 12.0 Å². The molecule has 3 rings (SSSR count). The van der Waals surface area contributed by atoms with Crippen molar-refractivity contribution in [1.29, 1.82) is 0 Å². The van der Waals surface area contributed by atoms with E-state index < -0.39 is 12.3 Å². The van der Waals surface area contributed by atoms with E-state index in [2.05, 4.69) is 29.1 Å². The minimum absolute atomic E-state index is 0.148. The summed E-state index contributed by atoms with van der Waals surface area (Å²) < 4.78 is 24.1. The van der Waals surface area contributed by atoms with Crippen LogP contribution < -0.4 is 5.32 Å². The zero-order valence-electron chi connectivity index (χ0n) is 20.2. The molecule has 2 aliphatic heterocycles. The van der Waals surface area contributed by atoms with E-state index >= 15 is 0 Å². The number of hydrogen-bond acceptors (Lipinski definition) is 5. The topological polar surface area (TPSA) is 63.2 Å². The highest BCUT2D eigenvalue weighted by Gasteiger charge is 2.45. The maximum atomic E-state index is 14.2. The Labute approximate surface area is 193 Å². The second kappa shape index (κ2) is 12.1. The maximum Gasteiger partial charge on any atom is 0.433 e. The first-order chi connectivity index (χ1) is 15.5. The van der Waals surface area contributed by atoms with Crippen molar-refractivity contribution in [2.24, 2.45) is 16.3 Å². The van der Waals surface area contributed by atoms with Crippen molar-refractivity contribution in [1.82, 2.24) is 10.2 Å². The summed E-state index contributed by atoms with van der Waals surface area (Å²) in [6, 6.07) is 0.368. The van der Waals surface area contributed by atoms with Gasteiger partial charge >= 0.3 is 6.09 Å². The number of nitrogens with one attached hydrogen (secondary N) is 1. The van der Waals surface area contributed by atoms with Gasteiger partial charge in [-0.3, -0.25) is 4.90 Å². The van der Waals surface area contributed by atoms with Gasteiger partial charge in [-0.2, -0.15) is 4.99 Å². The number of halogens is 1. The van der Waals surface area contributed by atoms with Crippen LogP contribution in [0.15, 0.2) is 16.3 Å². The Kier molecular flexibility index (Phi) is 9.53. The number of hydrogen-bond donors (Lipinski definition) is 1. The van der Waals surface area contributed by atoms with E-state index in [1.54, 1.807) is 13.3 Å². The van der Waals surface area contributed by atoms with E-state index in [0.717, 1.165) is 51.7 Å². The molecule has 0 bridgehead atoms. The fourth-order valence-corrected chi connectivity index (χ4v) is 5.78. The van der Waals surface area contributed by atoms with Crippen molar-refractivity contribution in [3.63, 3.8) is 0 Å². The van der Waals surface area contributed by atoms with Crippen molar-refractivity contribution in [3.05, 3.63) is 11.3 Å². The van der Waals surface area contributed by atoms with Crippen molar-refractivity contribution >= 4 is 12.3 Å². The number of allylic oxidation sites excluding steroid dienone is 1. The molecule has 3 atom stereocenters. The third kappa shape index (κ3) is 6.53. The van der Waals surface area contributed by atoms with Crippen LogP contribution in [-0.4, -0.2) is 69.4 Å².